The van der Waals surface area contributed by atoms with E-state index in [0.29, 0.717) is 0 Å². The number of unbranched alkanes of at least 4 members (excludes halogenated alkanes) is 1. The molecule has 1 atom stereocenters. The van der Waals surface area contributed by atoms with E-state index in [0.717, 1.165) is 30.0 Å². The molecule has 1 aromatic heterocycles. The number of aromatic nitrogens is 3. The van der Waals surface area contributed by atoms with Crippen LogP contribution in [0.15, 0.2) is 36.9 Å². The summed E-state index contributed by atoms with van der Waals surface area (Å²) in [5, 5.41) is 6.96. The number of nitrogens with zero attached hydrogens (tertiary/aromatic N) is 3. The lowest BCUT2D eigenvalue weighted by atomic mass is 10.2. The zero-order valence-electron chi connectivity index (χ0n) is 12.3. The number of rotatable bonds is 7. The first kappa shape index (κ1) is 15.6. The van der Waals surface area contributed by atoms with E-state index >= 15 is 0 Å². The molecular formula is C15H20N4OS. The van der Waals surface area contributed by atoms with Gasteiger partial charge < -0.3 is 5.32 Å². The molecule has 1 heterocycles. The molecule has 1 aromatic carbocycles. The number of nitrogens with one attached hydrogen (secondary N) is 1. The zero-order chi connectivity index (χ0) is 15.1. The van der Waals surface area contributed by atoms with Gasteiger partial charge in [0, 0.05) is 5.69 Å². The fourth-order valence-corrected chi connectivity index (χ4v) is 2.78. The van der Waals surface area contributed by atoms with Crippen molar-refractivity contribution in [2.24, 2.45) is 0 Å². The molecule has 0 aliphatic heterocycles. The Labute approximate surface area is 129 Å². The molecule has 1 amide bonds. The van der Waals surface area contributed by atoms with Crippen LogP contribution in [0.25, 0.3) is 5.69 Å². The maximum Gasteiger partial charge on any atom is 0.237 e. The van der Waals surface area contributed by atoms with Crippen LogP contribution in [0.2, 0.25) is 0 Å². The SMILES string of the molecule is CCCCS[C@@H](C)C(=O)Nc1ccc(-n2cncn2)cc1. The number of hydrogen-bond donors (Lipinski definition) is 1. The first-order valence-corrected chi connectivity index (χ1v) is 8.13. The van der Waals surface area contributed by atoms with E-state index in [1.807, 2.05) is 31.2 Å². The summed E-state index contributed by atoms with van der Waals surface area (Å²) in [4.78, 5) is 16.0. The smallest absolute Gasteiger partial charge is 0.237 e. The van der Waals surface area contributed by atoms with Gasteiger partial charge >= 0.3 is 0 Å². The topological polar surface area (TPSA) is 59.8 Å². The quantitative estimate of drug-likeness (QED) is 0.798. The normalized spacial score (nSPS) is 12.1. The summed E-state index contributed by atoms with van der Waals surface area (Å²) in [7, 11) is 0. The number of benzene rings is 1. The maximum atomic E-state index is 12.1. The van der Waals surface area contributed by atoms with Crippen molar-refractivity contribution in [3.63, 3.8) is 0 Å². The van der Waals surface area contributed by atoms with E-state index in [-0.39, 0.29) is 11.2 Å². The molecule has 0 unspecified atom stereocenters. The van der Waals surface area contributed by atoms with Gasteiger partial charge in [0.25, 0.3) is 0 Å². The Balaban J connectivity index is 1.89. The average molecular weight is 304 g/mol. The lowest BCUT2D eigenvalue weighted by Gasteiger charge is -2.12. The molecule has 0 aliphatic carbocycles. The fraction of sp³-hybridized carbons (Fsp3) is 0.400. The number of thioether (sulfide) groups is 1. The Morgan fingerprint density at radius 3 is 2.76 bits per heavy atom. The van der Waals surface area contributed by atoms with Crippen LogP contribution in [0.3, 0.4) is 0 Å². The number of anilines is 1. The van der Waals surface area contributed by atoms with Crippen molar-refractivity contribution in [3.05, 3.63) is 36.9 Å². The molecule has 21 heavy (non-hydrogen) atoms. The molecule has 0 spiro atoms. The first-order chi connectivity index (χ1) is 10.2. The van der Waals surface area contributed by atoms with Crippen molar-refractivity contribution in [2.75, 3.05) is 11.1 Å². The van der Waals surface area contributed by atoms with Gasteiger partial charge in [0.15, 0.2) is 0 Å². The summed E-state index contributed by atoms with van der Waals surface area (Å²) in [6, 6.07) is 7.55. The van der Waals surface area contributed by atoms with Crippen molar-refractivity contribution in [2.45, 2.75) is 31.9 Å². The van der Waals surface area contributed by atoms with Crippen molar-refractivity contribution in [3.8, 4) is 5.69 Å². The number of amides is 1. The first-order valence-electron chi connectivity index (χ1n) is 7.08. The van der Waals surface area contributed by atoms with Crippen molar-refractivity contribution in [1.29, 1.82) is 0 Å². The second-order valence-corrected chi connectivity index (χ2v) is 6.19. The molecule has 0 radical (unpaired) electrons. The summed E-state index contributed by atoms with van der Waals surface area (Å²) in [6.07, 6.45) is 5.44. The third-order valence-electron chi connectivity index (χ3n) is 3.05. The second-order valence-electron chi connectivity index (χ2n) is 4.74. The van der Waals surface area contributed by atoms with E-state index in [9.17, 15) is 4.79 Å². The van der Waals surface area contributed by atoms with Gasteiger partial charge in [-0.3, -0.25) is 4.79 Å². The Morgan fingerprint density at radius 2 is 2.14 bits per heavy atom. The van der Waals surface area contributed by atoms with Crippen molar-refractivity contribution in [1.82, 2.24) is 14.8 Å². The summed E-state index contributed by atoms with van der Waals surface area (Å²) in [5.74, 6) is 1.07. The molecule has 6 heteroatoms. The van der Waals surface area contributed by atoms with Gasteiger partial charge in [-0.25, -0.2) is 9.67 Å². The molecule has 0 saturated heterocycles. The molecule has 0 aliphatic rings. The second kappa shape index (κ2) is 7.83. The van der Waals surface area contributed by atoms with Crippen LogP contribution in [0.5, 0.6) is 0 Å². The lowest BCUT2D eigenvalue weighted by molar-refractivity contribution is -0.115. The number of carbonyl (C=O) groups excluding carboxylic acids is 1. The van der Waals surface area contributed by atoms with Gasteiger partial charge in [0.2, 0.25) is 5.91 Å². The molecule has 0 fully saturated rings. The minimum absolute atomic E-state index is 0.0356. The van der Waals surface area contributed by atoms with Crippen LogP contribution in [-0.2, 0) is 4.79 Å². The highest BCUT2D eigenvalue weighted by Gasteiger charge is 2.13. The molecule has 0 bridgehead atoms. The predicted octanol–water partition coefficient (Wildman–Crippen LogP) is 3.13. The number of carbonyl (C=O) groups is 1. The molecule has 2 rings (SSSR count). The minimum Gasteiger partial charge on any atom is -0.325 e. The van der Waals surface area contributed by atoms with E-state index in [1.54, 1.807) is 22.8 Å². The predicted molar refractivity (Wildman–Crippen MR) is 86.8 cm³/mol. The summed E-state index contributed by atoms with van der Waals surface area (Å²) in [5.41, 5.74) is 1.71. The monoisotopic (exact) mass is 304 g/mol. The molecular weight excluding hydrogens is 284 g/mol. The maximum absolute atomic E-state index is 12.1. The molecule has 2 aromatic rings. The van der Waals surface area contributed by atoms with Crippen LogP contribution in [0.4, 0.5) is 5.69 Å². The lowest BCUT2D eigenvalue weighted by Crippen LogP contribution is -2.22. The van der Waals surface area contributed by atoms with E-state index < -0.39 is 0 Å². The summed E-state index contributed by atoms with van der Waals surface area (Å²) < 4.78 is 1.68. The largest absolute Gasteiger partial charge is 0.325 e. The Bertz CT molecular complexity index is 554. The highest BCUT2D eigenvalue weighted by molar-refractivity contribution is 8.00. The minimum atomic E-state index is -0.0356. The van der Waals surface area contributed by atoms with Crippen molar-refractivity contribution >= 4 is 23.4 Å². The fourth-order valence-electron chi connectivity index (χ4n) is 1.76. The van der Waals surface area contributed by atoms with Gasteiger partial charge in [-0.1, -0.05) is 13.3 Å². The van der Waals surface area contributed by atoms with Crippen molar-refractivity contribution < 1.29 is 4.79 Å². The highest BCUT2D eigenvalue weighted by Crippen LogP contribution is 2.17. The molecule has 0 saturated carbocycles. The molecule has 5 nitrogen and oxygen atoms in total. The third kappa shape index (κ3) is 4.60. The van der Waals surface area contributed by atoms with Crippen LogP contribution in [0, 0.1) is 0 Å². The number of hydrogen-bond acceptors (Lipinski definition) is 4. The van der Waals surface area contributed by atoms with Gasteiger partial charge in [-0.05, 0) is 43.4 Å². The van der Waals surface area contributed by atoms with E-state index in [4.69, 9.17) is 0 Å². The highest BCUT2D eigenvalue weighted by atomic mass is 32.2. The summed E-state index contributed by atoms with van der Waals surface area (Å²) in [6.45, 7) is 4.10. The van der Waals surface area contributed by atoms with Gasteiger partial charge in [-0.2, -0.15) is 5.10 Å². The Kier molecular flexibility index (Phi) is 5.80. The van der Waals surface area contributed by atoms with Gasteiger partial charge in [-0.15, -0.1) is 11.8 Å². The zero-order valence-corrected chi connectivity index (χ0v) is 13.1. The average Bonchev–Trinajstić information content (AvgIpc) is 3.02. The van der Waals surface area contributed by atoms with E-state index in [2.05, 4.69) is 22.3 Å². The van der Waals surface area contributed by atoms with Gasteiger partial charge in [0.1, 0.15) is 12.7 Å². The standard InChI is InChI=1S/C15H20N4OS/c1-3-4-9-21-12(2)15(20)18-13-5-7-14(8-6-13)19-11-16-10-17-19/h5-8,10-12H,3-4,9H2,1-2H3,(H,18,20)/t12-/m0/s1. The molecule has 112 valence electrons. The van der Waals surface area contributed by atoms with Gasteiger partial charge in [0.05, 0.1) is 10.9 Å². The Hall–Kier alpha value is -1.82. The van der Waals surface area contributed by atoms with Crippen LogP contribution in [0.1, 0.15) is 26.7 Å². The van der Waals surface area contributed by atoms with Crippen LogP contribution < -0.4 is 5.32 Å². The van der Waals surface area contributed by atoms with Crippen LogP contribution in [-0.4, -0.2) is 31.7 Å². The van der Waals surface area contributed by atoms with Crippen LogP contribution >= 0.6 is 11.8 Å². The summed E-state index contributed by atoms with van der Waals surface area (Å²) >= 11 is 1.70. The van der Waals surface area contributed by atoms with E-state index in [1.165, 1.54) is 6.33 Å². The third-order valence-corrected chi connectivity index (χ3v) is 4.29. The Morgan fingerprint density at radius 1 is 1.38 bits per heavy atom. The molecule has 1 N–H and O–H groups in total.